The Morgan fingerprint density at radius 2 is 1.60 bits per heavy atom. The van der Waals surface area contributed by atoms with E-state index in [1.807, 2.05) is 78.9 Å². The number of halogens is 1. The van der Waals surface area contributed by atoms with Crippen LogP contribution in [-0.2, 0) is 22.4 Å². The quantitative estimate of drug-likeness (QED) is 0.270. The maximum Gasteiger partial charge on any atom is 0.321 e. The Labute approximate surface area is 207 Å². The molecule has 0 fully saturated rings. The Bertz CT molecular complexity index is 1200. The SMILES string of the molecule is O=C(O)[C@H](Cc1ccccc1)N[C@H](Cc1ccc(-c2cccc(Cl)c2)cc1)C(=O)NC1=NNNN1. The molecule has 9 nitrogen and oxygen atoms in total. The fraction of sp³-hybridized carbons (Fsp3) is 0.160. The number of carbonyl (C=O) groups excluding carboxylic acids is 1. The van der Waals surface area contributed by atoms with Crippen molar-refractivity contribution in [2.24, 2.45) is 5.10 Å². The zero-order valence-electron chi connectivity index (χ0n) is 18.7. The van der Waals surface area contributed by atoms with E-state index < -0.39 is 24.0 Å². The van der Waals surface area contributed by atoms with Gasteiger partial charge in [0.15, 0.2) is 0 Å². The number of hydrogen-bond acceptors (Lipinski definition) is 7. The first-order chi connectivity index (χ1) is 17.0. The predicted octanol–water partition coefficient (Wildman–Crippen LogP) is 2.20. The second-order valence-electron chi connectivity index (χ2n) is 8.02. The van der Waals surface area contributed by atoms with Crippen LogP contribution in [0, 0.1) is 0 Å². The van der Waals surface area contributed by atoms with Crippen molar-refractivity contribution < 1.29 is 14.7 Å². The topological polar surface area (TPSA) is 127 Å². The van der Waals surface area contributed by atoms with Crippen molar-refractivity contribution in [3.63, 3.8) is 0 Å². The molecule has 10 heteroatoms. The zero-order chi connectivity index (χ0) is 24.6. The average molecular weight is 493 g/mol. The number of amides is 1. The maximum absolute atomic E-state index is 13.1. The highest BCUT2D eigenvalue weighted by atomic mass is 35.5. The van der Waals surface area contributed by atoms with Crippen molar-refractivity contribution in [3.05, 3.63) is 95.0 Å². The molecule has 35 heavy (non-hydrogen) atoms. The van der Waals surface area contributed by atoms with Gasteiger partial charge < -0.3 is 5.11 Å². The summed E-state index contributed by atoms with van der Waals surface area (Å²) in [4.78, 5) is 25.1. The van der Waals surface area contributed by atoms with Crippen molar-refractivity contribution >= 4 is 29.4 Å². The Morgan fingerprint density at radius 1 is 0.886 bits per heavy atom. The van der Waals surface area contributed by atoms with Crippen LogP contribution in [0.15, 0.2) is 84.0 Å². The molecule has 0 saturated heterocycles. The van der Waals surface area contributed by atoms with Gasteiger partial charge in [-0.15, -0.1) is 10.6 Å². The first-order valence-corrected chi connectivity index (χ1v) is 11.4. The van der Waals surface area contributed by atoms with Gasteiger partial charge in [-0.25, -0.2) is 5.53 Å². The fourth-order valence-electron chi connectivity index (χ4n) is 3.74. The van der Waals surface area contributed by atoms with Gasteiger partial charge >= 0.3 is 5.97 Å². The zero-order valence-corrected chi connectivity index (χ0v) is 19.4. The minimum atomic E-state index is -1.04. The van der Waals surface area contributed by atoms with E-state index in [-0.39, 0.29) is 18.8 Å². The van der Waals surface area contributed by atoms with Crippen molar-refractivity contribution in [2.45, 2.75) is 24.9 Å². The minimum Gasteiger partial charge on any atom is -0.480 e. The third-order valence-corrected chi connectivity index (χ3v) is 5.73. The molecule has 0 bridgehead atoms. The summed E-state index contributed by atoms with van der Waals surface area (Å²) in [6.07, 6.45) is 0.504. The fourth-order valence-corrected chi connectivity index (χ4v) is 3.93. The summed E-state index contributed by atoms with van der Waals surface area (Å²) in [6.45, 7) is 0. The van der Waals surface area contributed by atoms with Gasteiger partial charge in [-0.1, -0.05) is 78.3 Å². The Morgan fingerprint density at radius 3 is 2.26 bits per heavy atom. The van der Waals surface area contributed by atoms with Crippen LogP contribution < -0.4 is 27.1 Å². The van der Waals surface area contributed by atoms with E-state index in [0.717, 1.165) is 22.3 Å². The molecule has 0 unspecified atom stereocenters. The van der Waals surface area contributed by atoms with Crippen molar-refractivity contribution in [1.82, 2.24) is 27.1 Å². The summed E-state index contributed by atoms with van der Waals surface area (Å²) in [7, 11) is 0. The lowest BCUT2D eigenvalue weighted by Crippen LogP contribution is -2.55. The molecule has 1 amide bonds. The first-order valence-electron chi connectivity index (χ1n) is 11.0. The molecule has 0 radical (unpaired) electrons. The summed E-state index contributed by atoms with van der Waals surface area (Å²) in [5, 5.41) is 20.0. The number of carboxylic acids is 1. The number of nitrogens with one attached hydrogen (secondary N) is 5. The normalized spacial score (nSPS) is 14.3. The number of hydrogen-bond donors (Lipinski definition) is 6. The predicted molar refractivity (Wildman–Crippen MR) is 134 cm³/mol. The van der Waals surface area contributed by atoms with Crippen LogP contribution >= 0.6 is 11.6 Å². The molecule has 1 aliphatic heterocycles. The van der Waals surface area contributed by atoms with E-state index in [4.69, 9.17) is 11.6 Å². The molecule has 0 aliphatic carbocycles. The van der Waals surface area contributed by atoms with Gasteiger partial charge in [-0.3, -0.25) is 25.6 Å². The lowest BCUT2D eigenvalue weighted by molar-refractivity contribution is -0.139. The number of carboxylic acid groups (broad SMARTS) is 1. The molecule has 0 saturated carbocycles. The molecule has 6 N–H and O–H groups in total. The molecule has 1 aliphatic rings. The van der Waals surface area contributed by atoms with Gasteiger partial charge in [0.2, 0.25) is 11.9 Å². The third kappa shape index (κ3) is 6.80. The highest BCUT2D eigenvalue weighted by Crippen LogP contribution is 2.23. The monoisotopic (exact) mass is 492 g/mol. The van der Waals surface area contributed by atoms with E-state index in [1.54, 1.807) is 0 Å². The molecule has 3 aromatic carbocycles. The van der Waals surface area contributed by atoms with E-state index in [2.05, 4.69) is 32.2 Å². The molecule has 0 aromatic heterocycles. The number of aliphatic carboxylic acids is 1. The van der Waals surface area contributed by atoms with Crippen LogP contribution in [0.1, 0.15) is 11.1 Å². The van der Waals surface area contributed by atoms with E-state index in [9.17, 15) is 14.7 Å². The van der Waals surface area contributed by atoms with Gasteiger partial charge in [0, 0.05) is 5.02 Å². The van der Waals surface area contributed by atoms with Crippen molar-refractivity contribution in [2.75, 3.05) is 0 Å². The Hall–Kier alpha value is -3.92. The smallest absolute Gasteiger partial charge is 0.321 e. The number of guanidine groups is 1. The minimum absolute atomic E-state index is 0.188. The number of hydrazine groups is 2. The van der Waals surface area contributed by atoms with E-state index in [0.29, 0.717) is 5.02 Å². The maximum atomic E-state index is 13.1. The molecule has 0 spiro atoms. The molecule has 3 aromatic rings. The second-order valence-corrected chi connectivity index (χ2v) is 8.46. The van der Waals surface area contributed by atoms with Crippen LogP contribution in [0.5, 0.6) is 0 Å². The Balaban J connectivity index is 1.52. The lowest BCUT2D eigenvalue weighted by atomic mass is 9.99. The van der Waals surface area contributed by atoms with Crippen LogP contribution in [-0.4, -0.2) is 35.0 Å². The van der Waals surface area contributed by atoms with Crippen LogP contribution in [0.4, 0.5) is 0 Å². The van der Waals surface area contributed by atoms with E-state index >= 15 is 0 Å². The van der Waals surface area contributed by atoms with Gasteiger partial charge in [0.25, 0.3) is 0 Å². The number of hydrazone groups is 1. The van der Waals surface area contributed by atoms with Gasteiger partial charge in [0.05, 0.1) is 6.04 Å². The number of nitrogens with zero attached hydrogens (tertiary/aromatic N) is 1. The summed E-state index contributed by atoms with van der Waals surface area (Å²) in [6, 6.07) is 22.8. The highest BCUT2D eigenvalue weighted by Gasteiger charge is 2.28. The number of carbonyl (C=O) groups is 2. The van der Waals surface area contributed by atoms with E-state index in [1.165, 1.54) is 0 Å². The van der Waals surface area contributed by atoms with Crippen LogP contribution in [0.3, 0.4) is 0 Å². The molecule has 180 valence electrons. The second kappa shape index (κ2) is 11.5. The molecular weight excluding hydrogens is 468 g/mol. The highest BCUT2D eigenvalue weighted by molar-refractivity contribution is 6.30. The summed E-state index contributed by atoms with van der Waals surface area (Å²) < 4.78 is 0. The molecular formula is C25H25ClN6O3. The van der Waals surface area contributed by atoms with Crippen molar-refractivity contribution in [3.8, 4) is 11.1 Å². The summed E-state index contributed by atoms with van der Waals surface area (Å²) in [5.41, 5.74) is 11.4. The average Bonchev–Trinajstić information content (AvgIpc) is 3.37. The number of rotatable bonds is 9. The van der Waals surface area contributed by atoms with Crippen LogP contribution in [0.25, 0.3) is 11.1 Å². The molecule has 4 rings (SSSR count). The van der Waals surface area contributed by atoms with Crippen molar-refractivity contribution in [1.29, 1.82) is 0 Å². The third-order valence-electron chi connectivity index (χ3n) is 5.50. The summed E-state index contributed by atoms with van der Waals surface area (Å²) >= 11 is 6.11. The first kappa shape index (κ1) is 24.2. The standard InChI is InChI=1S/C25H25ClN6O3/c26-20-8-4-7-19(15-20)18-11-9-17(10-12-18)13-21(23(33)28-25-29-31-32-30-25)27-22(24(34)35)14-16-5-2-1-3-6-16/h1-12,15,21-22,27,31-32H,13-14H2,(H,34,35)(H2,28,29,30,33)/t21-,22+/m1/s1. The van der Waals surface area contributed by atoms with Gasteiger partial charge in [-0.2, -0.15) is 0 Å². The number of benzene rings is 3. The lowest BCUT2D eigenvalue weighted by Gasteiger charge is -2.23. The molecule has 2 atom stereocenters. The van der Waals surface area contributed by atoms with Gasteiger partial charge in [0.1, 0.15) is 6.04 Å². The Kier molecular flexibility index (Phi) is 7.94. The summed E-state index contributed by atoms with van der Waals surface area (Å²) in [5.74, 6) is -1.27. The van der Waals surface area contributed by atoms with Crippen LogP contribution in [0.2, 0.25) is 5.02 Å². The molecule has 1 heterocycles. The van der Waals surface area contributed by atoms with Gasteiger partial charge in [-0.05, 0) is 47.2 Å². The largest absolute Gasteiger partial charge is 0.480 e.